The van der Waals surface area contributed by atoms with E-state index in [4.69, 9.17) is 10.00 Å². The molecule has 0 bridgehead atoms. The molecular formula is C17H14N6O6. The summed E-state index contributed by atoms with van der Waals surface area (Å²) in [7, 11) is 0. The Morgan fingerprint density at radius 1 is 1.14 bits per heavy atom. The zero-order chi connectivity index (χ0) is 21.3. The highest BCUT2D eigenvalue weighted by molar-refractivity contribution is 5.57. The Labute approximate surface area is 161 Å². The first-order chi connectivity index (χ1) is 13.7. The molecule has 0 radical (unpaired) electrons. The molecule has 148 valence electrons. The standard InChI is InChI=1S/C17H14N6O6/c1-7(2)9-5-13(20-21-15(9)26)29-14-11(24)3-8(4-12(14)25)23-17(28)19-16(27)10(6-18)22-23/h3-5,7,24-25H,1-2H3,(H,21,26)(H,19,27,28). The number of rotatable bonds is 4. The van der Waals surface area contributed by atoms with Crippen LogP contribution < -0.4 is 21.5 Å². The largest absolute Gasteiger partial charge is 0.504 e. The van der Waals surface area contributed by atoms with Crippen molar-refractivity contribution in [3.63, 3.8) is 0 Å². The molecule has 2 heterocycles. The summed E-state index contributed by atoms with van der Waals surface area (Å²) >= 11 is 0. The van der Waals surface area contributed by atoms with Crippen LogP contribution in [-0.4, -0.2) is 35.2 Å². The number of hydrogen-bond donors (Lipinski definition) is 4. The first-order valence-corrected chi connectivity index (χ1v) is 8.18. The number of H-pyrrole nitrogens is 2. The highest BCUT2D eigenvalue weighted by Crippen LogP contribution is 2.40. The van der Waals surface area contributed by atoms with E-state index in [0.717, 1.165) is 12.1 Å². The Bertz CT molecular complexity index is 1290. The molecule has 0 fully saturated rings. The third-order valence-electron chi connectivity index (χ3n) is 3.85. The molecule has 0 atom stereocenters. The van der Waals surface area contributed by atoms with Crippen molar-refractivity contribution in [2.75, 3.05) is 0 Å². The number of hydrogen-bond acceptors (Lipinski definition) is 9. The molecule has 0 amide bonds. The number of phenolic OH excluding ortho intramolecular Hbond substituents is 2. The lowest BCUT2D eigenvalue weighted by Gasteiger charge is -2.12. The van der Waals surface area contributed by atoms with Crippen LogP contribution in [0.4, 0.5) is 0 Å². The van der Waals surface area contributed by atoms with Gasteiger partial charge < -0.3 is 14.9 Å². The van der Waals surface area contributed by atoms with E-state index in [1.54, 1.807) is 13.8 Å². The lowest BCUT2D eigenvalue weighted by atomic mass is 10.1. The second kappa shape index (κ2) is 7.31. The van der Waals surface area contributed by atoms with Gasteiger partial charge in [-0.25, -0.2) is 9.89 Å². The van der Waals surface area contributed by atoms with Crippen LogP contribution in [0.15, 0.2) is 32.6 Å². The molecule has 4 N–H and O–H groups in total. The predicted octanol–water partition coefficient (Wildman–Crippen LogP) is 0.203. The third-order valence-corrected chi connectivity index (χ3v) is 3.85. The molecule has 3 rings (SSSR count). The number of nitrogens with one attached hydrogen (secondary N) is 2. The van der Waals surface area contributed by atoms with Crippen molar-refractivity contribution < 1.29 is 14.9 Å². The van der Waals surface area contributed by atoms with Crippen LogP contribution in [0.2, 0.25) is 0 Å². The van der Waals surface area contributed by atoms with Crippen molar-refractivity contribution in [1.29, 1.82) is 5.26 Å². The Hall–Kier alpha value is -4.40. The Morgan fingerprint density at radius 2 is 1.79 bits per heavy atom. The summed E-state index contributed by atoms with van der Waals surface area (Å²) in [4.78, 5) is 37.0. The van der Waals surface area contributed by atoms with Crippen molar-refractivity contribution in [2.24, 2.45) is 0 Å². The van der Waals surface area contributed by atoms with Crippen LogP contribution in [0.5, 0.6) is 23.1 Å². The van der Waals surface area contributed by atoms with Crippen LogP contribution in [-0.2, 0) is 0 Å². The molecule has 2 aromatic heterocycles. The molecule has 0 aliphatic rings. The third kappa shape index (κ3) is 3.69. The maximum absolute atomic E-state index is 11.9. The van der Waals surface area contributed by atoms with Crippen LogP contribution >= 0.6 is 0 Å². The van der Waals surface area contributed by atoms with Gasteiger partial charge in [0.1, 0.15) is 6.07 Å². The summed E-state index contributed by atoms with van der Waals surface area (Å²) in [5.41, 5.74) is -2.67. The number of nitriles is 1. The minimum Gasteiger partial charge on any atom is -0.504 e. The first kappa shape index (κ1) is 19.4. The molecule has 12 heteroatoms. The Morgan fingerprint density at radius 3 is 2.38 bits per heavy atom. The van der Waals surface area contributed by atoms with Gasteiger partial charge in [-0.3, -0.25) is 14.6 Å². The van der Waals surface area contributed by atoms with Gasteiger partial charge in [-0.05, 0) is 5.92 Å². The summed E-state index contributed by atoms with van der Waals surface area (Å²) in [5.74, 6) is -1.77. The summed E-state index contributed by atoms with van der Waals surface area (Å²) in [6, 6.07) is 4.94. The van der Waals surface area contributed by atoms with Crippen LogP contribution in [0.25, 0.3) is 5.69 Å². The molecule has 12 nitrogen and oxygen atoms in total. The topological polar surface area (TPSA) is 187 Å². The highest BCUT2D eigenvalue weighted by atomic mass is 16.5. The lowest BCUT2D eigenvalue weighted by molar-refractivity contribution is 0.365. The highest BCUT2D eigenvalue weighted by Gasteiger charge is 2.17. The minimum atomic E-state index is -0.981. The maximum Gasteiger partial charge on any atom is 0.349 e. The zero-order valence-corrected chi connectivity index (χ0v) is 15.1. The van der Waals surface area contributed by atoms with Gasteiger partial charge in [-0.1, -0.05) is 13.8 Å². The summed E-state index contributed by atoms with van der Waals surface area (Å²) < 4.78 is 5.99. The van der Waals surface area contributed by atoms with Gasteiger partial charge >= 0.3 is 5.69 Å². The van der Waals surface area contributed by atoms with Crippen molar-refractivity contribution in [1.82, 2.24) is 25.0 Å². The first-order valence-electron chi connectivity index (χ1n) is 8.18. The zero-order valence-electron chi connectivity index (χ0n) is 15.1. The number of benzene rings is 1. The molecule has 0 aliphatic heterocycles. The number of phenols is 2. The average Bonchev–Trinajstić information content (AvgIpc) is 2.65. The van der Waals surface area contributed by atoms with Crippen molar-refractivity contribution in [3.8, 4) is 34.9 Å². The van der Waals surface area contributed by atoms with E-state index in [1.165, 1.54) is 12.1 Å². The van der Waals surface area contributed by atoms with E-state index in [9.17, 15) is 24.6 Å². The number of nitrogens with zero attached hydrogens (tertiary/aromatic N) is 4. The molecular weight excluding hydrogens is 384 g/mol. The van der Waals surface area contributed by atoms with Crippen molar-refractivity contribution in [3.05, 3.63) is 60.6 Å². The van der Waals surface area contributed by atoms with Gasteiger partial charge in [-0.2, -0.15) is 9.94 Å². The van der Waals surface area contributed by atoms with E-state index >= 15 is 0 Å². The minimum absolute atomic E-state index is 0.0854. The van der Waals surface area contributed by atoms with E-state index in [-0.39, 0.29) is 23.2 Å². The van der Waals surface area contributed by atoms with Crippen LogP contribution in [0.1, 0.15) is 31.0 Å². The summed E-state index contributed by atoms with van der Waals surface area (Å²) in [6.07, 6.45) is 0. The van der Waals surface area contributed by atoms with Crippen molar-refractivity contribution in [2.45, 2.75) is 19.8 Å². The van der Waals surface area contributed by atoms with Gasteiger partial charge in [0, 0.05) is 23.8 Å². The maximum atomic E-state index is 11.9. The smallest absolute Gasteiger partial charge is 0.349 e. The molecule has 0 saturated carbocycles. The fraction of sp³-hybridized carbons (Fsp3) is 0.176. The lowest BCUT2D eigenvalue weighted by Crippen LogP contribution is -2.33. The fourth-order valence-electron chi connectivity index (χ4n) is 2.45. The Balaban J connectivity index is 2.05. The SMILES string of the molecule is CC(C)c1cc(Oc2c(O)cc(-n3nc(C#N)c(=O)[nH]c3=O)cc2O)n[nH]c1=O. The fourth-order valence-corrected chi connectivity index (χ4v) is 2.45. The molecule has 0 unspecified atom stereocenters. The average molecular weight is 398 g/mol. The number of ether oxygens (including phenoxy) is 1. The van der Waals surface area contributed by atoms with Crippen molar-refractivity contribution >= 4 is 0 Å². The summed E-state index contributed by atoms with van der Waals surface area (Å²) in [6.45, 7) is 3.59. The second-order valence-corrected chi connectivity index (χ2v) is 6.19. The second-order valence-electron chi connectivity index (χ2n) is 6.19. The summed E-state index contributed by atoms with van der Waals surface area (Å²) in [5, 5.41) is 38.9. The van der Waals surface area contributed by atoms with E-state index in [1.807, 2.05) is 4.98 Å². The molecule has 0 saturated heterocycles. The molecule has 1 aromatic carbocycles. The number of aromatic nitrogens is 5. The molecule has 0 aliphatic carbocycles. The molecule has 29 heavy (non-hydrogen) atoms. The van der Waals surface area contributed by atoms with E-state index in [0.29, 0.717) is 10.2 Å². The Kier molecular flexibility index (Phi) is 4.88. The van der Waals surface area contributed by atoms with Gasteiger partial charge in [-0.15, -0.1) is 10.2 Å². The van der Waals surface area contributed by atoms with E-state index in [2.05, 4.69) is 15.3 Å². The van der Waals surface area contributed by atoms with Crippen LogP contribution in [0.3, 0.4) is 0 Å². The quantitative estimate of drug-likeness (QED) is 0.476. The predicted molar refractivity (Wildman–Crippen MR) is 97.5 cm³/mol. The number of aromatic amines is 2. The molecule has 3 aromatic rings. The van der Waals surface area contributed by atoms with Gasteiger partial charge in [0.25, 0.3) is 11.1 Å². The molecule has 0 spiro atoms. The van der Waals surface area contributed by atoms with Gasteiger partial charge in [0.2, 0.25) is 17.3 Å². The van der Waals surface area contributed by atoms with Crippen LogP contribution in [0, 0.1) is 11.3 Å². The van der Waals surface area contributed by atoms with Gasteiger partial charge in [0.15, 0.2) is 11.5 Å². The monoisotopic (exact) mass is 398 g/mol. The number of aromatic hydroxyl groups is 2. The van der Waals surface area contributed by atoms with Gasteiger partial charge in [0.05, 0.1) is 5.69 Å². The normalized spacial score (nSPS) is 10.7. The van der Waals surface area contributed by atoms with E-state index < -0.39 is 34.0 Å².